The molecule has 2 heterocycles. The number of aryl methyl sites for hydroxylation is 1. The Morgan fingerprint density at radius 1 is 1.14 bits per heavy atom. The van der Waals surface area contributed by atoms with Gasteiger partial charge in [0.05, 0.1) is 23.9 Å². The van der Waals surface area contributed by atoms with Crippen LogP contribution < -0.4 is 9.47 Å². The van der Waals surface area contributed by atoms with Crippen LogP contribution in [-0.4, -0.2) is 33.4 Å². The summed E-state index contributed by atoms with van der Waals surface area (Å²) in [5, 5.41) is 4.79. The van der Waals surface area contributed by atoms with Gasteiger partial charge in [-0.2, -0.15) is 13.8 Å². The fourth-order valence-corrected chi connectivity index (χ4v) is 3.63. The molecule has 0 aliphatic carbocycles. The van der Waals surface area contributed by atoms with Gasteiger partial charge < -0.3 is 18.6 Å². The lowest BCUT2D eigenvalue weighted by Crippen LogP contribution is -2.03. The predicted molar refractivity (Wildman–Crippen MR) is 103 cm³/mol. The van der Waals surface area contributed by atoms with E-state index in [1.807, 2.05) is 35.9 Å². The summed E-state index contributed by atoms with van der Waals surface area (Å²) in [4.78, 5) is 8.96. The molecule has 4 rings (SSSR count). The van der Waals surface area contributed by atoms with E-state index < -0.39 is 6.61 Å². The first-order chi connectivity index (χ1) is 14.0. The number of hydrogen-bond acceptors (Lipinski definition) is 7. The number of imidazole rings is 1. The number of halogens is 2. The Balaban J connectivity index is 1.50. The van der Waals surface area contributed by atoms with Crippen molar-refractivity contribution in [2.24, 2.45) is 7.05 Å². The van der Waals surface area contributed by atoms with Crippen molar-refractivity contribution in [2.45, 2.75) is 17.5 Å². The fraction of sp³-hybridized carbons (Fsp3) is 0.211. The molecular weight excluding hydrogens is 402 g/mol. The molecule has 0 radical (unpaired) electrons. The monoisotopic (exact) mass is 418 g/mol. The second-order valence-electron chi connectivity index (χ2n) is 5.99. The minimum absolute atomic E-state index is 0.0626. The van der Waals surface area contributed by atoms with Crippen LogP contribution in [0.3, 0.4) is 0 Å². The molecule has 2 aromatic heterocycles. The molecule has 150 valence electrons. The largest absolute Gasteiger partial charge is 0.493 e. The van der Waals surface area contributed by atoms with Crippen molar-refractivity contribution in [3.63, 3.8) is 0 Å². The Morgan fingerprint density at radius 2 is 1.97 bits per heavy atom. The summed E-state index contributed by atoms with van der Waals surface area (Å²) >= 11 is 1.48. The van der Waals surface area contributed by atoms with Crippen LogP contribution in [0, 0.1) is 0 Å². The first kappa shape index (κ1) is 19.2. The Bertz CT molecular complexity index is 1150. The van der Waals surface area contributed by atoms with Gasteiger partial charge in [-0.05, 0) is 30.3 Å². The Kier molecular flexibility index (Phi) is 5.34. The van der Waals surface area contributed by atoms with Crippen LogP contribution >= 0.6 is 11.8 Å². The molecule has 0 fully saturated rings. The lowest BCUT2D eigenvalue weighted by molar-refractivity contribution is -0.0512. The molecule has 4 aromatic rings. The van der Waals surface area contributed by atoms with E-state index in [4.69, 9.17) is 9.26 Å². The summed E-state index contributed by atoms with van der Waals surface area (Å²) < 4.78 is 41.8. The lowest BCUT2D eigenvalue weighted by Gasteiger charge is -2.10. The number of ether oxygens (including phenoxy) is 2. The van der Waals surface area contributed by atoms with E-state index in [2.05, 4.69) is 19.9 Å². The molecular formula is C19H16F2N4O3S. The van der Waals surface area contributed by atoms with Crippen LogP contribution in [0.5, 0.6) is 11.5 Å². The summed E-state index contributed by atoms with van der Waals surface area (Å²) in [5.74, 6) is 1.28. The van der Waals surface area contributed by atoms with E-state index in [9.17, 15) is 8.78 Å². The highest BCUT2D eigenvalue weighted by molar-refractivity contribution is 7.98. The van der Waals surface area contributed by atoms with Crippen LogP contribution in [0.1, 0.15) is 5.89 Å². The van der Waals surface area contributed by atoms with Crippen molar-refractivity contribution >= 4 is 22.8 Å². The van der Waals surface area contributed by atoms with Gasteiger partial charge in [-0.1, -0.05) is 29.1 Å². The summed E-state index contributed by atoms with van der Waals surface area (Å²) in [7, 11) is 3.32. The zero-order valence-corrected chi connectivity index (χ0v) is 16.3. The van der Waals surface area contributed by atoms with Gasteiger partial charge >= 0.3 is 6.61 Å². The molecule has 2 aromatic carbocycles. The number of para-hydroxylation sites is 2. The van der Waals surface area contributed by atoms with Crippen molar-refractivity contribution in [2.75, 3.05) is 7.11 Å². The van der Waals surface area contributed by atoms with E-state index in [0.29, 0.717) is 23.0 Å². The quantitative estimate of drug-likeness (QED) is 0.408. The van der Waals surface area contributed by atoms with Crippen molar-refractivity contribution in [1.29, 1.82) is 0 Å². The number of rotatable bonds is 7. The molecule has 0 aliphatic rings. The van der Waals surface area contributed by atoms with Crippen molar-refractivity contribution in [3.05, 3.63) is 48.4 Å². The molecule has 0 saturated carbocycles. The Labute approximate surface area is 168 Å². The molecule has 10 heteroatoms. The molecule has 0 spiro atoms. The average Bonchev–Trinajstić information content (AvgIpc) is 3.31. The lowest BCUT2D eigenvalue weighted by atomic mass is 10.2. The highest BCUT2D eigenvalue weighted by Gasteiger charge is 2.16. The van der Waals surface area contributed by atoms with Gasteiger partial charge in [0.25, 0.3) is 0 Å². The van der Waals surface area contributed by atoms with E-state index in [1.165, 1.54) is 31.0 Å². The van der Waals surface area contributed by atoms with Crippen molar-refractivity contribution in [1.82, 2.24) is 19.7 Å². The molecule has 0 aliphatic heterocycles. The Hall–Kier alpha value is -3.14. The van der Waals surface area contributed by atoms with E-state index in [0.717, 1.165) is 16.2 Å². The molecule has 0 unspecified atom stereocenters. The number of benzene rings is 2. The van der Waals surface area contributed by atoms with E-state index in [1.54, 1.807) is 6.07 Å². The van der Waals surface area contributed by atoms with E-state index in [-0.39, 0.29) is 11.5 Å². The summed E-state index contributed by atoms with van der Waals surface area (Å²) in [6.07, 6.45) is 0. The third-order valence-electron chi connectivity index (χ3n) is 4.18. The maximum Gasteiger partial charge on any atom is 0.387 e. The zero-order valence-electron chi connectivity index (χ0n) is 15.5. The number of alkyl halides is 2. The number of hydrogen-bond donors (Lipinski definition) is 0. The molecule has 7 nitrogen and oxygen atoms in total. The molecule has 0 amide bonds. The maximum absolute atomic E-state index is 12.5. The second-order valence-corrected chi connectivity index (χ2v) is 6.93. The number of methoxy groups -OCH3 is 1. The number of thioether (sulfide) groups is 1. The SMILES string of the molecule is COc1cc(-c2noc(CSc3nc4ccccc4n3C)n2)ccc1OC(F)F. The molecule has 29 heavy (non-hydrogen) atoms. The van der Waals surface area contributed by atoms with Crippen LogP contribution in [0.25, 0.3) is 22.4 Å². The second kappa shape index (κ2) is 8.08. The van der Waals surface area contributed by atoms with Crippen LogP contribution in [0.4, 0.5) is 8.78 Å². The normalized spacial score (nSPS) is 11.3. The third kappa shape index (κ3) is 4.02. The van der Waals surface area contributed by atoms with Gasteiger partial charge in [0.15, 0.2) is 16.7 Å². The third-order valence-corrected chi connectivity index (χ3v) is 5.19. The van der Waals surface area contributed by atoms with Gasteiger partial charge in [0, 0.05) is 12.6 Å². The van der Waals surface area contributed by atoms with Crippen LogP contribution in [0.2, 0.25) is 0 Å². The zero-order chi connectivity index (χ0) is 20.4. The van der Waals surface area contributed by atoms with Gasteiger partial charge in [-0.3, -0.25) is 0 Å². The summed E-state index contributed by atoms with van der Waals surface area (Å²) in [6, 6.07) is 12.3. The molecule has 0 saturated heterocycles. The van der Waals surface area contributed by atoms with Crippen molar-refractivity contribution in [3.8, 4) is 22.9 Å². The standard InChI is InChI=1S/C19H16F2N4O3S/c1-25-13-6-4-3-5-12(13)22-19(25)29-10-16-23-17(24-28-16)11-7-8-14(27-18(20)21)15(9-11)26-2/h3-9,18H,10H2,1-2H3. The molecule has 0 N–H and O–H groups in total. The summed E-state index contributed by atoms with van der Waals surface area (Å²) in [5.41, 5.74) is 2.52. The van der Waals surface area contributed by atoms with Gasteiger partial charge in [-0.15, -0.1) is 0 Å². The molecule has 0 bridgehead atoms. The highest BCUT2D eigenvalue weighted by atomic mass is 32.2. The predicted octanol–water partition coefficient (Wildman–Crippen LogP) is 4.53. The van der Waals surface area contributed by atoms with E-state index >= 15 is 0 Å². The first-order valence-electron chi connectivity index (χ1n) is 8.55. The Morgan fingerprint density at radius 3 is 2.72 bits per heavy atom. The topological polar surface area (TPSA) is 75.2 Å². The number of aromatic nitrogens is 4. The number of fused-ring (bicyclic) bond motifs is 1. The van der Waals surface area contributed by atoms with Gasteiger partial charge in [0.1, 0.15) is 0 Å². The highest BCUT2D eigenvalue weighted by Crippen LogP contribution is 2.33. The van der Waals surface area contributed by atoms with Crippen molar-refractivity contribution < 1.29 is 22.8 Å². The fourth-order valence-electron chi connectivity index (χ4n) is 2.81. The minimum Gasteiger partial charge on any atom is -0.493 e. The smallest absolute Gasteiger partial charge is 0.387 e. The first-order valence-corrected chi connectivity index (χ1v) is 9.54. The number of nitrogens with zero attached hydrogens (tertiary/aromatic N) is 4. The maximum atomic E-state index is 12.5. The minimum atomic E-state index is -2.94. The van der Waals surface area contributed by atoms with Gasteiger partial charge in [-0.25, -0.2) is 4.98 Å². The van der Waals surface area contributed by atoms with Crippen LogP contribution in [-0.2, 0) is 12.8 Å². The van der Waals surface area contributed by atoms with Gasteiger partial charge in [0.2, 0.25) is 11.7 Å². The molecule has 0 atom stereocenters. The average molecular weight is 418 g/mol. The van der Waals surface area contributed by atoms with Crippen LogP contribution in [0.15, 0.2) is 52.1 Å². The summed E-state index contributed by atoms with van der Waals surface area (Å²) in [6.45, 7) is -2.94.